The van der Waals surface area contributed by atoms with Crippen LogP contribution in [0.15, 0.2) is 33.3 Å². The lowest BCUT2D eigenvalue weighted by molar-refractivity contribution is 0.379. The summed E-state index contributed by atoms with van der Waals surface area (Å²) in [4.78, 5) is 3.90. The molecule has 2 heterocycles. The molecule has 0 fully saturated rings. The third kappa shape index (κ3) is 1.55. The van der Waals surface area contributed by atoms with Gasteiger partial charge < -0.3 is 9.05 Å². The van der Waals surface area contributed by atoms with Crippen LogP contribution >= 0.6 is 11.6 Å². The van der Waals surface area contributed by atoms with Crippen molar-refractivity contribution in [1.82, 2.24) is 15.3 Å². The van der Waals surface area contributed by atoms with Crippen molar-refractivity contribution >= 4 is 22.6 Å². The second-order valence-corrected chi connectivity index (χ2v) is 3.60. The van der Waals surface area contributed by atoms with Crippen LogP contribution in [0.3, 0.4) is 0 Å². The zero-order valence-corrected chi connectivity index (χ0v) is 8.81. The fourth-order valence-corrected chi connectivity index (χ4v) is 1.64. The minimum absolute atomic E-state index is 0.0998. The van der Waals surface area contributed by atoms with Gasteiger partial charge in [0, 0.05) is 5.39 Å². The summed E-state index contributed by atoms with van der Waals surface area (Å²) in [6, 6.07) is 7.59. The van der Waals surface area contributed by atoms with E-state index in [4.69, 9.17) is 20.6 Å². The Morgan fingerprint density at radius 3 is 2.81 bits per heavy atom. The second kappa shape index (κ2) is 3.61. The fraction of sp³-hybridized carbons (Fsp3) is 0.100. The van der Waals surface area contributed by atoms with Crippen molar-refractivity contribution in [3.8, 4) is 0 Å². The Morgan fingerprint density at radius 1 is 1.12 bits per heavy atom. The molecule has 0 radical (unpaired) electrons. The highest BCUT2D eigenvalue weighted by molar-refractivity contribution is 6.28. The van der Waals surface area contributed by atoms with Crippen LogP contribution in [0.1, 0.15) is 11.6 Å². The number of hydrogen-bond acceptors (Lipinski definition) is 5. The van der Waals surface area contributed by atoms with Crippen LogP contribution < -0.4 is 0 Å². The summed E-state index contributed by atoms with van der Waals surface area (Å²) in [5, 5.41) is 8.49. The molecule has 5 nitrogen and oxygen atoms in total. The number of aromatic nitrogens is 3. The van der Waals surface area contributed by atoms with Crippen molar-refractivity contribution < 1.29 is 9.05 Å². The van der Waals surface area contributed by atoms with E-state index in [9.17, 15) is 0 Å². The van der Waals surface area contributed by atoms with Gasteiger partial charge in [0.1, 0.15) is 5.69 Å². The predicted molar refractivity (Wildman–Crippen MR) is 56.1 cm³/mol. The van der Waals surface area contributed by atoms with Crippen LogP contribution in [-0.2, 0) is 6.42 Å². The molecule has 0 bridgehead atoms. The van der Waals surface area contributed by atoms with Crippen LogP contribution in [0.25, 0.3) is 11.0 Å². The normalized spacial score (nSPS) is 11.1. The third-order valence-electron chi connectivity index (χ3n) is 2.21. The topological polar surface area (TPSA) is 65.0 Å². The Balaban J connectivity index is 2.00. The lowest BCUT2D eigenvalue weighted by Gasteiger charge is -1.89. The summed E-state index contributed by atoms with van der Waals surface area (Å²) < 4.78 is 10.1. The number of hydrogen-bond donors (Lipinski definition) is 0. The van der Waals surface area contributed by atoms with Gasteiger partial charge in [-0.05, 0) is 28.9 Å². The fourth-order valence-electron chi connectivity index (χ4n) is 1.51. The quantitative estimate of drug-likeness (QED) is 0.683. The Bertz CT molecular complexity index is 632. The van der Waals surface area contributed by atoms with Crippen molar-refractivity contribution in [2.75, 3.05) is 0 Å². The summed E-state index contributed by atoms with van der Waals surface area (Å²) >= 11 is 5.56. The smallest absolute Gasteiger partial charge is 0.263 e. The van der Waals surface area contributed by atoms with Crippen LogP contribution in [0.2, 0.25) is 5.28 Å². The standard InChI is InChI=1S/C10H6ClN3O2/c11-10-12-9(16-14-10)5-7-6-3-1-2-4-8(6)15-13-7/h1-4H,5H2. The van der Waals surface area contributed by atoms with Crippen molar-refractivity contribution in [2.24, 2.45) is 0 Å². The minimum atomic E-state index is 0.0998. The Hall–Kier alpha value is -1.88. The van der Waals surface area contributed by atoms with E-state index in [-0.39, 0.29) is 5.28 Å². The van der Waals surface area contributed by atoms with E-state index in [1.165, 1.54) is 0 Å². The molecule has 0 amide bonds. The Morgan fingerprint density at radius 2 is 2.00 bits per heavy atom. The number of rotatable bonds is 2. The zero-order chi connectivity index (χ0) is 11.0. The van der Waals surface area contributed by atoms with E-state index in [1.807, 2.05) is 24.3 Å². The van der Waals surface area contributed by atoms with E-state index < -0.39 is 0 Å². The molecule has 2 aromatic heterocycles. The van der Waals surface area contributed by atoms with Gasteiger partial charge in [0.15, 0.2) is 5.58 Å². The molecular weight excluding hydrogens is 230 g/mol. The van der Waals surface area contributed by atoms with Gasteiger partial charge in [-0.25, -0.2) is 0 Å². The molecule has 3 aromatic rings. The van der Waals surface area contributed by atoms with E-state index in [1.54, 1.807) is 0 Å². The van der Waals surface area contributed by atoms with Crippen molar-refractivity contribution in [1.29, 1.82) is 0 Å². The Kier molecular flexibility index (Phi) is 2.11. The van der Waals surface area contributed by atoms with Gasteiger partial charge >= 0.3 is 0 Å². The lowest BCUT2D eigenvalue weighted by Crippen LogP contribution is -1.88. The molecule has 80 valence electrons. The summed E-state index contributed by atoms with van der Waals surface area (Å²) in [5.41, 5.74) is 1.50. The van der Waals surface area contributed by atoms with E-state index >= 15 is 0 Å². The molecule has 0 atom stereocenters. The molecule has 0 aliphatic rings. The average molecular weight is 236 g/mol. The third-order valence-corrected chi connectivity index (χ3v) is 2.37. The maximum Gasteiger partial charge on any atom is 0.263 e. The second-order valence-electron chi connectivity index (χ2n) is 3.26. The van der Waals surface area contributed by atoms with Gasteiger partial charge in [-0.3, -0.25) is 0 Å². The van der Waals surface area contributed by atoms with Crippen LogP contribution in [0.5, 0.6) is 0 Å². The number of para-hydroxylation sites is 1. The molecular formula is C10H6ClN3O2. The molecule has 0 saturated carbocycles. The highest BCUT2D eigenvalue weighted by Crippen LogP contribution is 2.20. The Labute approximate surface area is 95.0 Å². The molecule has 1 aromatic carbocycles. The van der Waals surface area contributed by atoms with E-state index in [2.05, 4.69) is 15.3 Å². The zero-order valence-electron chi connectivity index (χ0n) is 8.05. The lowest BCUT2D eigenvalue weighted by atomic mass is 10.2. The van der Waals surface area contributed by atoms with Crippen molar-refractivity contribution in [2.45, 2.75) is 6.42 Å². The van der Waals surface area contributed by atoms with Gasteiger partial charge in [0.2, 0.25) is 5.89 Å². The van der Waals surface area contributed by atoms with Crippen molar-refractivity contribution in [3.63, 3.8) is 0 Å². The van der Waals surface area contributed by atoms with E-state index in [0.29, 0.717) is 12.3 Å². The summed E-state index contributed by atoms with van der Waals surface area (Å²) in [6.45, 7) is 0. The first-order valence-electron chi connectivity index (χ1n) is 4.64. The summed E-state index contributed by atoms with van der Waals surface area (Å²) in [6.07, 6.45) is 0.413. The van der Waals surface area contributed by atoms with E-state index in [0.717, 1.165) is 16.7 Å². The van der Waals surface area contributed by atoms with Gasteiger partial charge in [0.05, 0.1) is 6.42 Å². The number of fused-ring (bicyclic) bond motifs is 1. The molecule has 16 heavy (non-hydrogen) atoms. The molecule has 0 saturated heterocycles. The molecule has 0 unspecified atom stereocenters. The maximum absolute atomic E-state index is 5.56. The SMILES string of the molecule is Clc1noc(Cc2noc3ccccc23)n1. The largest absolute Gasteiger partial charge is 0.356 e. The first-order chi connectivity index (χ1) is 7.83. The van der Waals surface area contributed by atoms with Gasteiger partial charge in [-0.1, -0.05) is 17.3 Å². The molecule has 0 aliphatic heterocycles. The number of halogens is 1. The van der Waals surface area contributed by atoms with Crippen LogP contribution in [0, 0.1) is 0 Å². The molecule has 6 heteroatoms. The predicted octanol–water partition coefficient (Wildman–Crippen LogP) is 2.46. The first-order valence-corrected chi connectivity index (χ1v) is 5.02. The van der Waals surface area contributed by atoms with Gasteiger partial charge in [0.25, 0.3) is 5.28 Å². The highest BCUT2D eigenvalue weighted by atomic mass is 35.5. The molecule has 0 spiro atoms. The van der Waals surface area contributed by atoms with Crippen molar-refractivity contribution in [3.05, 3.63) is 41.1 Å². The van der Waals surface area contributed by atoms with Crippen LogP contribution in [0.4, 0.5) is 0 Å². The van der Waals surface area contributed by atoms with Gasteiger partial charge in [-0.2, -0.15) is 4.98 Å². The van der Waals surface area contributed by atoms with Gasteiger partial charge in [-0.15, -0.1) is 0 Å². The van der Waals surface area contributed by atoms with Crippen LogP contribution in [-0.4, -0.2) is 15.3 Å². The number of benzene rings is 1. The summed E-state index contributed by atoms with van der Waals surface area (Å²) in [5.74, 6) is 0.420. The molecule has 0 aliphatic carbocycles. The summed E-state index contributed by atoms with van der Waals surface area (Å²) in [7, 11) is 0. The highest BCUT2D eigenvalue weighted by Gasteiger charge is 2.12. The molecule has 3 rings (SSSR count). The average Bonchev–Trinajstić information content (AvgIpc) is 2.87. The monoisotopic (exact) mass is 235 g/mol. The minimum Gasteiger partial charge on any atom is -0.356 e. The number of nitrogens with zero attached hydrogens (tertiary/aromatic N) is 3. The molecule has 0 N–H and O–H groups in total. The maximum atomic E-state index is 5.56. The first kappa shape index (κ1) is 9.35.